The molecule has 0 unspecified atom stereocenters. The van der Waals surface area contributed by atoms with Crippen LogP contribution >= 0.6 is 0 Å². The van der Waals surface area contributed by atoms with E-state index in [0.29, 0.717) is 5.82 Å². The van der Waals surface area contributed by atoms with Crippen molar-refractivity contribution in [3.8, 4) is 5.82 Å². The lowest BCUT2D eigenvalue weighted by atomic mass is 10.2. The molecule has 4 aromatic heterocycles. The Labute approximate surface area is 170 Å². The second kappa shape index (κ2) is 7.39. The molecule has 1 amide bonds. The second-order valence-corrected chi connectivity index (χ2v) is 6.82. The number of rotatable bonds is 4. The van der Waals surface area contributed by atoms with Crippen molar-refractivity contribution in [2.75, 3.05) is 0 Å². The van der Waals surface area contributed by atoms with Crippen molar-refractivity contribution in [1.82, 2.24) is 34.0 Å². The van der Waals surface area contributed by atoms with Crippen molar-refractivity contribution in [3.63, 3.8) is 0 Å². The molecule has 0 aliphatic heterocycles. The third kappa shape index (κ3) is 3.28. The molecule has 10 heteroatoms. The molecule has 4 aromatic rings. The van der Waals surface area contributed by atoms with Crippen LogP contribution in [0.1, 0.15) is 21.9 Å². The van der Waals surface area contributed by atoms with Gasteiger partial charge in [0, 0.05) is 39.2 Å². The van der Waals surface area contributed by atoms with Crippen LogP contribution in [0.2, 0.25) is 0 Å². The molecule has 0 radical (unpaired) electrons. The Hall–Kier alpha value is -4.08. The first-order valence-electron chi connectivity index (χ1n) is 9.17. The Kier molecular flexibility index (Phi) is 4.74. The summed E-state index contributed by atoms with van der Waals surface area (Å²) < 4.78 is 4.10. The molecule has 0 saturated heterocycles. The number of nitrogens with zero attached hydrogens (tertiary/aromatic N) is 6. The molecule has 4 rings (SSSR count). The molecule has 0 aliphatic carbocycles. The molecule has 0 aromatic carbocycles. The molecule has 152 valence electrons. The number of nitrogens with one attached hydrogen (secondary N) is 1. The number of amides is 1. The molecule has 0 fully saturated rings. The summed E-state index contributed by atoms with van der Waals surface area (Å²) in [5, 5.41) is 3.07. The summed E-state index contributed by atoms with van der Waals surface area (Å²) in [5.74, 6) is 1.09. The minimum Gasteiger partial charge on any atom is -0.347 e. The molecule has 0 aliphatic rings. The molecule has 1 N–H and O–H groups in total. The second-order valence-electron chi connectivity index (χ2n) is 6.82. The largest absolute Gasteiger partial charge is 0.347 e. The van der Waals surface area contributed by atoms with Crippen molar-refractivity contribution in [2.45, 2.75) is 13.5 Å². The Bertz CT molecular complexity index is 1400. The van der Waals surface area contributed by atoms with E-state index in [2.05, 4.69) is 20.3 Å². The number of carbonyl (C=O) groups is 1. The fourth-order valence-electron chi connectivity index (χ4n) is 3.18. The number of imidazole rings is 1. The van der Waals surface area contributed by atoms with Crippen LogP contribution in [0.5, 0.6) is 0 Å². The van der Waals surface area contributed by atoms with E-state index in [0.717, 1.165) is 16.0 Å². The molecule has 4 heterocycles. The maximum absolute atomic E-state index is 12.6. The number of carbonyl (C=O) groups excluding carboxylic acids is 1. The normalized spacial score (nSPS) is 11.0. The monoisotopic (exact) mass is 405 g/mol. The van der Waals surface area contributed by atoms with Gasteiger partial charge in [-0.05, 0) is 36.8 Å². The van der Waals surface area contributed by atoms with Gasteiger partial charge in [0.15, 0.2) is 0 Å². The van der Waals surface area contributed by atoms with Crippen LogP contribution in [0.25, 0.3) is 16.9 Å². The average Bonchev–Trinajstić information content (AvgIpc) is 3.20. The summed E-state index contributed by atoms with van der Waals surface area (Å²) in [6.07, 6.45) is 5.17. The number of aromatic nitrogens is 6. The summed E-state index contributed by atoms with van der Waals surface area (Å²) in [5.41, 5.74) is 0.176. The van der Waals surface area contributed by atoms with Gasteiger partial charge in [-0.25, -0.2) is 19.7 Å². The smallest absolute Gasteiger partial charge is 0.332 e. The molecule has 10 nitrogen and oxygen atoms in total. The van der Waals surface area contributed by atoms with Gasteiger partial charge in [-0.3, -0.25) is 23.3 Å². The predicted octanol–water partition coefficient (Wildman–Crippen LogP) is 0.451. The van der Waals surface area contributed by atoms with Crippen LogP contribution in [0.15, 0.2) is 52.4 Å². The highest BCUT2D eigenvalue weighted by molar-refractivity contribution is 5.94. The highest BCUT2D eigenvalue weighted by atomic mass is 16.2. The molecular weight excluding hydrogens is 386 g/mol. The Morgan fingerprint density at radius 3 is 2.60 bits per heavy atom. The first kappa shape index (κ1) is 19.2. The minimum atomic E-state index is -0.503. The first-order valence-corrected chi connectivity index (χ1v) is 9.17. The molecule has 0 spiro atoms. The third-order valence-electron chi connectivity index (χ3n) is 4.87. The summed E-state index contributed by atoms with van der Waals surface area (Å²) in [4.78, 5) is 49.7. The van der Waals surface area contributed by atoms with Crippen molar-refractivity contribution < 1.29 is 4.79 Å². The fourth-order valence-corrected chi connectivity index (χ4v) is 3.18. The Morgan fingerprint density at radius 2 is 1.87 bits per heavy atom. The maximum Gasteiger partial charge on any atom is 0.332 e. The lowest BCUT2D eigenvalue weighted by Gasteiger charge is -2.10. The highest BCUT2D eigenvalue weighted by Gasteiger charge is 2.14. The van der Waals surface area contributed by atoms with Crippen LogP contribution in [0, 0.1) is 6.92 Å². The zero-order valence-corrected chi connectivity index (χ0v) is 16.7. The standard InChI is InChI=1S/C20H19N7O3/c1-12-21-8-9-27(12)16-10-13(6-7-22-16)11-23-18(28)15-5-4-14-17(24-15)25(2)20(30)26(3)19(14)29/h4-10H,11H2,1-3H3,(H,23,28). The quantitative estimate of drug-likeness (QED) is 0.527. The van der Waals surface area contributed by atoms with Crippen LogP contribution in [0.4, 0.5) is 0 Å². The van der Waals surface area contributed by atoms with Gasteiger partial charge in [-0.1, -0.05) is 0 Å². The van der Waals surface area contributed by atoms with Gasteiger partial charge in [-0.2, -0.15) is 0 Å². The van der Waals surface area contributed by atoms with Gasteiger partial charge < -0.3 is 5.32 Å². The number of hydrogen-bond acceptors (Lipinski definition) is 6. The van der Waals surface area contributed by atoms with E-state index >= 15 is 0 Å². The zero-order valence-electron chi connectivity index (χ0n) is 16.7. The van der Waals surface area contributed by atoms with Gasteiger partial charge in [0.1, 0.15) is 23.0 Å². The van der Waals surface area contributed by atoms with E-state index in [4.69, 9.17) is 0 Å². The zero-order chi connectivity index (χ0) is 21.4. The molecule has 0 bridgehead atoms. The van der Waals surface area contributed by atoms with Crippen molar-refractivity contribution in [2.24, 2.45) is 14.1 Å². The van der Waals surface area contributed by atoms with Crippen molar-refractivity contribution >= 4 is 16.9 Å². The Morgan fingerprint density at radius 1 is 1.07 bits per heavy atom. The highest BCUT2D eigenvalue weighted by Crippen LogP contribution is 2.10. The fraction of sp³-hybridized carbons (Fsp3) is 0.200. The summed E-state index contributed by atoms with van der Waals surface area (Å²) in [6.45, 7) is 2.14. The Balaban J connectivity index is 1.58. The maximum atomic E-state index is 12.6. The van der Waals surface area contributed by atoms with Gasteiger partial charge in [-0.15, -0.1) is 0 Å². The average molecular weight is 405 g/mol. The number of fused-ring (bicyclic) bond motifs is 1. The topological polar surface area (TPSA) is 117 Å². The summed E-state index contributed by atoms with van der Waals surface area (Å²) in [7, 11) is 2.91. The van der Waals surface area contributed by atoms with E-state index in [1.165, 1.54) is 30.8 Å². The number of aryl methyl sites for hydroxylation is 2. The minimum absolute atomic E-state index is 0.116. The van der Waals surface area contributed by atoms with Crippen LogP contribution in [-0.4, -0.2) is 34.6 Å². The molecular formula is C20H19N7O3. The van der Waals surface area contributed by atoms with E-state index in [1.54, 1.807) is 18.5 Å². The van der Waals surface area contributed by atoms with Gasteiger partial charge in [0.05, 0.1) is 5.39 Å². The molecule has 0 atom stereocenters. The summed E-state index contributed by atoms with van der Waals surface area (Å²) in [6, 6.07) is 6.63. The van der Waals surface area contributed by atoms with E-state index < -0.39 is 17.2 Å². The molecule has 30 heavy (non-hydrogen) atoms. The van der Waals surface area contributed by atoms with Crippen molar-refractivity contribution in [3.05, 3.63) is 80.8 Å². The van der Waals surface area contributed by atoms with Crippen LogP contribution in [0.3, 0.4) is 0 Å². The SMILES string of the molecule is Cc1nccn1-c1cc(CNC(=O)c2ccc3c(=O)n(C)c(=O)n(C)c3n2)ccn1. The predicted molar refractivity (Wildman–Crippen MR) is 109 cm³/mol. The lowest BCUT2D eigenvalue weighted by Crippen LogP contribution is -2.37. The van der Waals surface area contributed by atoms with Crippen LogP contribution in [-0.2, 0) is 20.6 Å². The molecule has 0 saturated carbocycles. The van der Waals surface area contributed by atoms with Gasteiger partial charge in [0.2, 0.25) is 0 Å². The van der Waals surface area contributed by atoms with Crippen LogP contribution < -0.4 is 16.6 Å². The first-order chi connectivity index (χ1) is 14.4. The third-order valence-corrected chi connectivity index (χ3v) is 4.87. The number of hydrogen-bond donors (Lipinski definition) is 1. The van der Waals surface area contributed by atoms with Gasteiger partial charge >= 0.3 is 5.69 Å². The number of pyridine rings is 2. The van der Waals surface area contributed by atoms with Gasteiger partial charge in [0.25, 0.3) is 11.5 Å². The summed E-state index contributed by atoms with van der Waals surface area (Å²) >= 11 is 0. The van der Waals surface area contributed by atoms with E-state index in [-0.39, 0.29) is 23.3 Å². The van der Waals surface area contributed by atoms with Crippen molar-refractivity contribution in [1.29, 1.82) is 0 Å². The van der Waals surface area contributed by atoms with E-state index in [9.17, 15) is 14.4 Å². The lowest BCUT2D eigenvalue weighted by molar-refractivity contribution is 0.0946. The van der Waals surface area contributed by atoms with E-state index in [1.807, 2.05) is 23.8 Å².